The van der Waals surface area contributed by atoms with E-state index in [-0.39, 0.29) is 12.0 Å². The summed E-state index contributed by atoms with van der Waals surface area (Å²) >= 11 is 1.59. The first-order chi connectivity index (χ1) is 14.7. The Labute approximate surface area is 177 Å². The first kappa shape index (κ1) is 18.9. The molecule has 7 nitrogen and oxygen atoms in total. The molecule has 0 spiro atoms. The van der Waals surface area contributed by atoms with E-state index in [2.05, 4.69) is 44.6 Å². The van der Waals surface area contributed by atoms with Crippen LogP contribution in [0.5, 0.6) is 0 Å². The molecule has 4 heterocycles. The largest absolute Gasteiger partial charge is 0.376 e. The molecule has 0 radical (unpaired) electrons. The topological polar surface area (TPSA) is 81.9 Å². The first-order valence-corrected chi connectivity index (χ1v) is 10.8. The van der Waals surface area contributed by atoms with Crippen LogP contribution in [0.3, 0.4) is 0 Å². The number of rotatable bonds is 6. The molecule has 1 aliphatic heterocycles. The van der Waals surface area contributed by atoms with Gasteiger partial charge in [0.25, 0.3) is 5.91 Å². The number of hydrogen-bond acceptors (Lipinski definition) is 6. The van der Waals surface area contributed by atoms with Crippen molar-refractivity contribution in [2.45, 2.75) is 18.9 Å². The molecule has 1 aliphatic rings. The molecular formula is C22H21N5O2S. The van der Waals surface area contributed by atoms with Crippen molar-refractivity contribution in [1.82, 2.24) is 25.1 Å². The van der Waals surface area contributed by atoms with E-state index < -0.39 is 0 Å². The quantitative estimate of drug-likeness (QED) is 0.519. The maximum atomic E-state index is 12.7. The molecule has 1 N–H and O–H groups in total. The average molecular weight is 420 g/mol. The number of benzene rings is 1. The maximum absolute atomic E-state index is 12.7. The molecule has 1 fully saturated rings. The van der Waals surface area contributed by atoms with E-state index in [1.807, 2.05) is 28.7 Å². The van der Waals surface area contributed by atoms with Crippen molar-refractivity contribution in [3.8, 4) is 11.3 Å². The fraction of sp³-hybridized carbons (Fsp3) is 0.273. The number of thiazole rings is 1. The molecule has 1 amide bonds. The molecule has 0 aliphatic carbocycles. The molecule has 4 aromatic rings. The summed E-state index contributed by atoms with van der Waals surface area (Å²) in [5, 5.41) is 9.30. The number of amides is 1. The number of nitrogens with zero attached hydrogens (tertiary/aromatic N) is 4. The summed E-state index contributed by atoms with van der Waals surface area (Å²) < 4.78 is 7.19. The van der Waals surface area contributed by atoms with E-state index in [9.17, 15) is 4.79 Å². The van der Waals surface area contributed by atoms with Crippen LogP contribution in [0, 0.1) is 0 Å². The zero-order chi connectivity index (χ0) is 20.5. The van der Waals surface area contributed by atoms with Crippen molar-refractivity contribution in [2.75, 3.05) is 13.2 Å². The molecule has 1 atom stereocenters. The second-order valence-electron chi connectivity index (χ2n) is 7.41. The lowest BCUT2D eigenvalue weighted by atomic mass is 10.0. The van der Waals surface area contributed by atoms with Gasteiger partial charge in [-0.2, -0.15) is 5.10 Å². The SMILES string of the molecule is Cn1ncc2nc(C(=O)NCC3CCO3)cc(Cc3ccc(-c4cscn4)cc3)c21. The number of fused-ring (bicyclic) bond motifs is 1. The van der Waals surface area contributed by atoms with Crippen molar-refractivity contribution in [2.24, 2.45) is 7.05 Å². The van der Waals surface area contributed by atoms with Crippen LogP contribution in [0.15, 0.2) is 47.4 Å². The number of carbonyl (C=O) groups excluding carboxylic acids is 1. The van der Waals surface area contributed by atoms with Crippen LogP contribution in [-0.4, -0.2) is 44.9 Å². The van der Waals surface area contributed by atoms with Crippen LogP contribution < -0.4 is 5.32 Å². The lowest BCUT2D eigenvalue weighted by Crippen LogP contribution is -2.39. The summed E-state index contributed by atoms with van der Waals surface area (Å²) in [5.41, 5.74) is 8.16. The van der Waals surface area contributed by atoms with Crippen molar-refractivity contribution in [3.63, 3.8) is 0 Å². The predicted octanol–water partition coefficient (Wildman–Crippen LogP) is 3.20. The Balaban J connectivity index is 1.42. The number of pyridine rings is 1. The van der Waals surface area contributed by atoms with Gasteiger partial charge in [0.05, 0.1) is 29.0 Å². The van der Waals surface area contributed by atoms with Crippen molar-refractivity contribution in [3.05, 3.63) is 64.2 Å². The molecule has 1 aromatic carbocycles. The van der Waals surface area contributed by atoms with Crippen molar-refractivity contribution >= 4 is 28.3 Å². The van der Waals surface area contributed by atoms with E-state index in [0.717, 1.165) is 46.4 Å². The summed E-state index contributed by atoms with van der Waals surface area (Å²) in [6.07, 6.45) is 3.49. The Hall–Kier alpha value is -3.10. The van der Waals surface area contributed by atoms with Gasteiger partial charge in [0.15, 0.2) is 0 Å². The van der Waals surface area contributed by atoms with Crippen LogP contribution in [0.25, 0.3) is 22.3 Å². The van der Waals surface area contributed by atoms with Crippen LogP contribution in [-0.2, 0) is 18.2 Å². The van der Waals surface area contributed by atoms with Gasteiger partial charge in [0, 0.05) is 31.1 Å². The number of aryl methyl sites for hydroxylation is 1. The minimum Gasteiger partial charge on any atom is -0.376 e. The highest BCUT2D eigenvalue weighted by Crippen LogP contribution is 2.24. The van der Waals surface area contributed by atoms with Crippen LogP contribution in [0.4, 0.5) is 0 Å². The Morgan fingerprint density at radius 2 is 2.17 bits per heavy atom. The number of nitrogens with one attached hydrogen (secondary N) is 1. The van der Waals surface area contributed by atoms with E-state index in [1.165, 1.54) is 0 Å². The minimum atomic E-state index is -0.184. The zero-order valence-corrected chi connectivity index (χ0v) is 17.4. The first-order valence-electron chi connectivity index (χ1n) is 9.86. The molecule has 3 aromatic heterocycles. The summed E-state index contributed by atoms with van der Waals surface area (Å²) in [5.74, 6) is -0.184. The number of ether oxygens (including phenoxy) is 1. The fourth-order valence-electron chi connectivity index (χ4n) is 3.64. The smallest absolute Gasteiger partial charge is 0.270 e. The number of hydrogen-bond donors (Lipinski definition) is 1. The van der Waals surface area contributed by atoms with Gasteiger partial charge in [-0.05, 0) is 30.0 Å². The summed E-state index contributed by atoms with van der Waals surface area (Å²) in [7, 11) is 1.90. The molecule has 1 unspecified atom stereocenters. The lowest BCUT2D eigenvalue weighted by Gasteiger charge is -2.26. The average Bonchev–Trinajstić information content (AvgIpc) is 3.38. The molecule has 8 heteroatoms. The molecule has 152 valence electrons. The summed E-state index contributed by atoms with van der Waals surface area (Å²) in [6, 6.07) is 10.2. The Morgan fingerprint density at radius 3 is 2.87 bits per heavy atom. The number of carbonyl (C=O) groups is 1. The number of aromatic nitrogens is 4. The van der Waals surface area contributed by atoms with E-state index in [0.29, 0.717) is 18.7 Å². The lowest BCUT2D eigenvalue weighted by molar-refractivity contribution is -0.0473. The molecule has 0 bridgehead atoms. The minimum absolute atomic E-state index is 0.117. The highest BCUT2D eigenvalue weighted by molar-refractivity contribution is 7.07. The third-order valence-electron chi connectivity index (χ3n) is 5.37. The molecule has 1 saturated heterocycles. The fourth-order valence-corrected chi connectivity index (χ4v) is 4.20. The van der Waals surface area contributed by atoms with Gasteiger partial charge in [-0.15, -0.1) is 11.3 Å². The molecule has 5 rings (SSSR count). The Kier molecular flexibility index (Phi) is 5.02. The molecule has 30 heavy (non-hydrogen) atoms. The van der Waals surface area contributed by atoms with Crippen molar-refractivity contribution in [1.29, 1.82) is 0 Å². The third kappa shape index (κ3) is 3.71. The highest BCUT2D eigenvalue weighted by atomic mass is 32.1. The normalized spacial score (nSPS) is 15.8. The predicted molar refractivity (Wildman–Crippen MR) is 116 cm³/mol. The van der Waals surface area contributed by atoms with E-state index >= 15 is 0 Å². The molecular weight excluding hydrogens is 398 g/mol. The standard InChI is InChI=1S/C22H21N5O2S/c1-27-21-16(8-14-2-4-15(5-3-14)20-12-30-13-24-20)9-18(26-19(21)11-25-27)22(28)23-10-17-6-7-29-17/h2-5,9,11-13,17H,6-8,10H2,1H3,(H,23,28). The second kappa shape index (κ2) is 7.97. The van der Waals surface area contributed by atoms with Gasteiger partial charge in [-0.1, -0.05) is 24.3 Å². The van der Waals surface area contributed by atoms with Gasteiger partial charge in [0.1, 0.15) is 11.2 Å². The molecule has 0 saturated carbocycles. The Morgan fingerprint density at radius 1 is 1.33 bits per heavy atom. The summed E-state index contributed by atoms with van der Waals surface area (Å²) in [4.78, 5) is 21.5. The van der Waals surface area contributed by atoms with E-state index in [1.54, 1.807) is 17.5 Å². The van der Waals surface area contributed by atoms with E-state index in [4.69, 9.17) is 4.74 Å². The van der Waals surface area contributed by atoms with Gasteiger partial charge >= 0.3 is 0 Å². The van der Waals surface area contributed by atoms with Crippen molar-refractivity contribution < 1.29 is 9.53 Å². The monoisotopic (exact) mass is 419 g/mol. The maximum Gasteiger partial charge on any atom is 0.270 e. The zero-order valence-electron chi connectivity index (χ0n) is 16.5. The highest BCUT2D eigenvalue weighted by Gasteiger charge is 2.20. The van der Waals surface area contributed by atoms with Crippen LogP contribution in [0.2, 0.25) is 0 Å². The van der Waals surface area contributed by atoms with Gasteiger partial charge in [-0.3, -0.25) is 9.48 Å². The summed E-state index contributed by atoms with van der Waals surface area (Å²) in [6.45, 7) is 1.28. The van der Waals surface area contributed by atoms with Crippen LogP contribution in [0.1, 0.15) is 28.0 Å². The van der Waals surface area contributed by atoms with Gasteiger partial charge in [-0.25, -0.2) is 9.97 Å². The van der Waals surface area contributed by atoms with Crippen LogP contribution >= 0.6 is 11.3 Å². The second-order valence-corrected chi connectivity index (χ2v) is 8.13. The Bertz CT molecular complexity index is 1180. The van der Waals surface area contributed by atoms with Gasteiger partial charge in [0.2, 0.25) is 0 Å². The van der Waals surface area contributed by atoms with Gasteiger partial charge < -0.3 is 10.1 Å². The third-order valence-corrected chi connectivity index (χ3v) is 5.95.